The second kappa shape index (κ2) is 6.24. The third-order valence-corrected chi connectivity index (χ3v) is 2.02. The van der Waals surface area contributed by atoms with Crippen LogP contribution in [0.25, 0.3) is 0 Å². The Labute approximate surface area is 77.7 Å². The summed E-state index contributed by atoms with van der Waals surface area (Å²) in [6, 6.07) is 0. The Morgan fingerprint density at radius 2 is 1.77 bits per heavy atom. The maximum absolute atomic E-state index is 12.3. The topological polar surface area (TPSA) is 12.0 Å². The smallest absolute Gasteiger partial charge is 0.317 e. The van der Waals surface area contributed by atoms with Gasteiger partial charge in [-0.05, 0) is 25.9 Å². The molecule has 0 amide bonds. The van der Waals surface area contributed by atoms with Gasteiger partial charge in [-0.1, -0.05) is 20.3 Å². The summed E-state index contributed by atoms with van der Waals surface area (Å²) in [4.78, 5) is 0. The minimum Gasteiger partial charge on any atom is -0.317 e. The fourth-order valence-electron chi connectivity index (χ4n) is 1.27. The van der Waals surface area contributed by atoms with Crippen molar-refractivity contribution in [2.75, 3.05) is 13.1 Å². The summed E-state index contributed by atoms with van der Waals surface area (Å²) in [6.07, 6.45) is -2.98. The van der Waals surface area contributed by atoms with Crippen LogP contribution in [0.4, 0.5) is 13.2 Å². The molecule has 0 radical (unpaired) electrons. The van der Waals surface area contributed by atoms with Crippen LogP contribution in [0.15, 0.2) is 0 Å². The van der Waals surface area contributed by atoms with E-state index in [0.717, 1.165) is 6.54 Å². The fourth-order valence-corrected chi connectivity index (χ4v) is 1.27. The molecule has 0 spiro atoms. The molecule has 0 bridgehead atoms. The van der Waals surface area contributed by atoms with Gasteiger partial charge < -0.3 is 5.32 Å². The Bertz CT molecular complexity index is 123. The molecule has 80 valence electrons. The lowest BCUT2D eigenvalue weighted by molar-refractivity contribution is -0.177. The maximum atomic E-state index is 12.3. The van der Waals surface area contributed by atoms with Gasteiger partial charge in [-0.3, -0.25) is 0 Å². The second-order valence-electron chi connectivity index (χ2n) is 3.17. The highest BCUT2D eigenvalue weighted by Crippen LogP contribution is 2.31. The van der Waals surface area contributed by atoms with E-state index >= 15 is 0 Å². The Hall–Kier alpha value is -0.250. The van der Waals surface area contributed by atoms with E-state index in [9.17, 15) is 13.2 Å². The van der Waals surface area contributed by atoms with Gasteiger partial charge in [-0.15, -0.1) is 0 Å². The van der Waals surface area contributed by atoms with E-state index < -0.39 is 12.1 Å². The lowest BCUT2D eigenvalue weighted by Crippen LogP contribution is -2.27. The monoisotopic (exact) mass is 197 g/mol. The summed E-state index contributed by atoms with van der Waals surface area (Å²) < 4.78 is 36.9. The Kier molecular flexibility index (Phi) is 6.12. The molecule has 0 aromatic rings. The third kappa shape index (κ3) is 5.91. The van der Waals surface area contributed by atoms with Crippen molar-refractivity contribution in [3.63, 3.8) is 0 Å². The SMILES string of the molecule is CCCC(CCNCC)C(F)(F)F. The van der Waals surface area contributed by atoms with Crippen LogP contribution in [0, 0.1) is 5.92 Å². The van der Waals surface area contributed by atoms with Crippen molar-refractivity contribution < 1.29 is 13.2 Å². The highest BCUT2D eigenvalue weighted by Gasteiger charge is 2.37. The standard InChI is InChI=1S/C9H18F3N/c1-3-5-8(9(10,11)12)6-7-13-4-2/h8,13H,3-7H2,1-2H3. The van der Waals surface area contributed by atoms with E-state index in [1.165, 1.54) is 0 Å². The summed E-state index contributed by atoms with van der Waals surface area (Å²) in [5.41, 5.74) is 0. The Morgan fingerprint density at radius 3 is 2.15 bits per heavy atom. The van der Waals surface area contributed by atoms with Crippen molar-refractivity contribution in [2.45, 2.75) is 39.3 Å². The van der Waals surface area contributed by atoms with Crippen molar-refractivity contribution in [3.8, 4) is 0 Å². The lowest BCUT2D eigenvalue weighted by atomic mass is 9.99. The van der Waals surface area contributed by atoms with Crippen LogP contribution >= 0.6 is 0 Å². The van der Waals surface area contributed by atoms with Crippen molar-refractivity contribution in [3.05, 3.63) is 0 Å². The number of hydrogen-bond acceptors (Lipinski definition) is 1. The zero-order valence-electron chi connectivity index (χ0n) is 8.25. The molecule has 0 saturated carbocycles. The molecule has 0 rings (SSSR count). The molecular formula is C9H18F3N. The molecule has 4 heteroatoms. The zero-order chi connectivity index (χ0) is 10.3. The molecule has 1 atom stereocenters. The summed E-state index contributed by atoms with van der Waals surface area (Å²) in [5.74, 6) is -1.13. The van der Waals surface area contributed by atoms with E-state index in [0.29, 0.717) is 13.0 Å². The van der Waals surface area contributed by atoms with Crippen molar-refractivity contribution in [1.82, 2.24) is 5.32 Å². The van der Waals surface area contributed by atoms with Crippen molar-refractivity contribution in [2.24, 2.45) is 5.92 Å². The van der Waals surface area contributed by atoms with Crippen LogP contribution in [0.3, 0.4) is 0 Å². The number of hydrogen-bond donors (Lipinski definition) is 1. The van der Waals surface area contributed by atoms with Gasteiger partial charge in [0.15, 0.2) is 0 Å². The summed E-state index contributed by atoms with van der Waals surface area (Å²) in [6.45, 7) is 4.87. The minimum atomic E-state index is -4.02. The minimum absolute atomic E-state index is 0.200. The van der Waals surface area contributed by atoms with Gasteiger partial charge in [0.25, 0.3) is 0 Å². The summed E-state index contributed by atoms with van der Waals surface area (Å²) in [7, 11) is 0. The molecule has 0 aromatic heterocycles. The number of halogens is 3. The number of alkyl halides is 3. The first kappa shape index (κ1) is 12.8. The molecule has 1 nitrogen and oxygen atoms in total. The quantitative estimate of drug-likeness (QED) is 0.645. The van der Waals surface area contributed by atoms with E-state index in [1.807, 2.05) is 6.92 Å². The molecular weight excluding hydrogens is 179 g/mol. The molecule has 0 aliphatic heterocycles. The molecule has 1 unspecified atom stereocenters. The van der Waals surface area contributed by atoms with Crippen molar-refractivity contribution in [1.29, 1.82) is 0 Å². The van der Waals surface area contributed by atoms with E-state index in [1.54, 1.807) is 6.92 Å². The number of rotatable bonds is 6. The normalized spacial score (nSPS) is 14.5. The molecule has 0 fully saturated rings. The Balaban J connectivity index is 3.81. The van der Waals surface area contributed by atoms with Crippen LogP contribution in [0.5, 0.6) is 0 Å². The van der Waals surface area contributed by atoms with Crippen LogP contribution in [0.1, 0.15) is 33.1 Å². The van der Waals surface area contributed by atoms with E-state index in [4.69, 9.17) is 0 Å². The van der Waals surface area contributed by atoms with Gasteiger partial charge in [0, 0.05) is 0 Å². The summed E-state index contributed by atoms with van der Waals surface area (Å²) >= 11 is 0. The van der Waals surface area contributed by atoms with Crippen LogP contribution in [-0.2, 0) is 0 Å². The van der Waals surface area contributed by atoms with Crippen molar-refractivity contribution >= 4 is 0 Å². The predicted octanol–water partition coefficient (Wildman–Crippen LogP) is 2.96. The third-order valence-electron chi connectivity index (χ3n) is 2.02. The van der Waals surface area contributed by atoms with Gasteiger partial charge >= 0.3 is 6.18 Å². The lowest BCUT2D eigenvalue weighted by Gasteiger charge is -2.19. The highest BCUT2D eigenvalue weighted by molar-refractivity contribution is 4.68. The van der Waals surface area contributed by atoms with Gasteiger partial charge in [-0.2, -0.15) is 13.2 Å². The van der Waals surface area contributed by atoms with Crippen LogP contribution < -0.4 is 5.32 Å². The molecule has 0 aliphatic carbocycles. The van der Waals surface area contributed by atoms with E-state index in [2.05, 4.69) is 5.32 Å². The average Bonchev–Trinajstić information content (AvgIpc) is 2.01. The van der Waals surface area contributed by atoms with Gasteiger partial charge in [-0.25, -0.2) is 0 Å². The molecule has 13 heavy (non-hydrogen) atoms. The predicted molar refractivity (Wildman–Crippen MR) is 47.6 cm³/mol. The second-order valence-corrected chi connectivity index (χ2v) is 3.17. The zero-order valence-corrected chi connectivity index (χ0v) is 8.25. The first-order valence-corrected chi connectivity index (χ1v) is 4.79. The van der Waals surface area contributed by atoms with Gasteiger partial charge in [0.2, 0.25) is 0 Å². The average molecular weight is 197 g/mol. The molecule has 0 heterocycles. The first-order chi connectivity index (χ1) is 6.02. The molecule has 0 saturated heterocycles. The van der Waals surface area contributed by atoms with Gasteiger partial charge in [0.1, 0.15) is 0 Å². The molecule has 0 aliphatic rings. The molecule has 1 N–H and O–H groups in total. The van der Waals surface area contributed by atoms with Crippen LogP contribution in [-0.4, -0.2) is 19.3 Å². The molecule has 0 aromatic carbocycles. The highest BCUT2D eigenvalue weighted by atomic mass is 19.4. The summed E-state index contributed by atoms with van der Waals surface area (Å²) in [5, 5.41) is 2.91. The van der Waals surface area contributed by atoms with Gasteiger partial charge in [0.05, 0.1) is 5.92 Å². The Morgan fingerprint density at radius 1 is 1.15 bits per heavy atom. The largest absolute Gasteiger partial charge is 0.391 e. The fraction of sp³-hybridized carbons (Fsp3) is 1.00. The van der Waals surface area contributed by atoms with E-state index in [-0.39, 0.29) is 12.8 Å². The maximum Gasteiger partial charge on any atom is 0.391 e. The first-order valence-electron chi connectivity index (χ1n) is 4.79. The number of nitrogens with one attached hydrogen (secondary N) is 1. The van der Waals surface area contributed by atoms with Crippen LogP contribution in [0.2, 0.25) is 0 Å².